The first kappa shape index (κ1) is 21.7. The highest BCUT2D eigenvalue weighted by molar-refractivity contribution is 5.85. The van der Waals surface area contributed by atoms with Gasteiger partial charge in [0.1, 0.15) is 5.82 Å². The summed E-state index contributed by atoms with van der Waals surface area (Å²) in [5, 5.41) is 2.91. The van der Waals surface area contributed by atoms with Gasteiger partial charge in [-0.25, -0.2) is 4.98 Å². The number of hydrogen-bond acceptors (Lipinski definition) is 6. The summed E-state index contributed by atoms with van der Waals surface area (Å²) in [6.45, 7) is 4.20. The number of nitrogens with one attached hydrogen (secondary N) is 1. The van der Waals surface area contributed by atoms with Crippen molar-refractivity contribution < 1.29 is 4.79 Å². The van der Waals surface area contributed by atoms with Gasteiger partial charge in [-0.05, 0) is 31.6 Å². The van der Waals surface area contributed by atoms with E-state index in [-0.39, 0.29) is 30.7 Å². The predicted octanol–water partition coefficient (Wildman–Crippen LogP) is 1.46. The fourth-order valence-electron chi connectivity index (χ4n) is 3.40. The number of halogens is 2. The van der Waals surface area contributed by atoms with E-state index in [0.717, 1.165) is 56.8 Å². The summed E-state index contributed by atoms with van der Waals surface area (Å²) >= 11 is 0. The number of nitrogens with two attached hydrogens (primary N) is 2. The van der Waals surface area contributed by atoms with Crippen molar-refractivity contribution in [3.63, 3.8) is 0 Å². The van der Waals surface area contributed by atoms with Gasteiger partial charge in [0.2, 0.25) is 11.9 Å². The average molecular weight is 391 g/mol. The van der Waals surface area contributed by atoms with E-state index in [1.165, 1.54) is 0 Å². The lowest BCUT2D eigenvalue weighted by atomic mass is 9.78. The van der Waals surface area contributed by atoms with E-state index in [1.54, 1.807) is 6.92 Å². The molecule has 0 unspecified atom stereocenters. The first-order chi connectivity index (χ1) is 11.0. The summed E-state index contributed by atoms with van der Waals surface area (Å²) < 4.78 is 0. The zero-order valence-electron chi connectivity index (χ0n) is 14.5. The molecule has 3 rings (SSSR count). The number of amides is 1. The molecule has 2 aliphatic rings. The fourth-order valence-corrected chi connectivity index (χ4v) is 3.40. The van der Waals surface area contributed by atoms with Crippen LogP contribution in [0.1, 0.15) is 44.2 Å². The quantitative estimate of drug-likeness (QED) is 0.717. The number of piperidine rings is 1. The third-order valence-corrected chi connectivity index (χ3v) is 4.92. The highest BCUT2D eigenvalue weighted by atomic mass is 35.5. The van der Waals surface area contributed by atoms with Crippen molar-refractivity contribution in [3.05, 3.63) is 11.8 Å². The lowest BCUT2D eigenvalue weighted by Gasteiger charge is -2.35. The Morgan fingerprint density at radius 2 is 1.92 bits per heavy atom. The summed E-state index contributed by atoms with van der Waals surface area (Å²) in [5.74, 6) is 2.27. The van der Waals surface area contributed by atoms with Gasteiger partial charge < -0.3 is 21.7 Å². The molecule has 0 spiro atoms. The molecular formula is C16H28Cl2N6O. The van der Waals surface area contributed by atoms with Crippen LogP contribution in [-0.2, 0) is 4.79 Å². The van der Waals surface area contributed by atoms with Crippen molar-refractivity contribution in [2.24, 2.45) is 11.7 Å². The molecule has 7 nitrogen and oxygen atoms in total. The zero-order valence-corrected chi connectivity index (χ0v) is 16.1. The van der Waals surface area contributed by atoms with E-state index in [1.807, 2.05) is 0 Å². The Kier molecular flexibility index (Phi) is 8.18. The van der Waals surface area contributed by atoms with Gasteiger partial charge in [-0.3, -0.25) is 4.79 Å². The topological polar surface area (TPSA) is 110 Å². The normalized spacial score (nSPS) is 23.0. The Morgan fingerprint density at radius 1 is 1.28 bits per heavy atom. The van der Waals surface area contributed by atoms with Gasteiger partial charge in [-0.15, -0.1) is 24.8 Å². The van der Waals surface area contributed by atoms with Gasteiger partial charge in [-0.2, -0.15) is 4.98 Å². The second kappa shape index (κ2) is 9.40. The zero-order chi connectivity index (χ0) is 16.4. The van der Waals surface area contributed by atoms with Crippen molar-refractivity contribution in [3.8, 4) is 0 Å². The Hall–Kier alpha value is -1.31. The van der Waals surface area contributed by atoms with Gasteiger partial charge in [0, 0.05) is 44.6 Å². The molecule has 2 heterocycles. The summed E-state index contributed by atoms with van der Waals surface area (Å²) in [7, 11) is 0. The molecule has 1 saturated heterocycles. The first-order valence-corrected chi connectivity index (χ1v) is 8.40. The van der Waals surface area contributed by atoms with Gasteiger partial charge >= 0.3 is 0 Å². The van der Waals surface area contributed by atoms with Crippen molar-refractivity contribution in [2.45, 2.75) is 44.6 Å². The van der Waals surface area contributed by atoms with Crippen LogP contribution < -0.4 is 21.7 Å². The predicted molar refractivity (Wildman–Crippen MR) is 105 cm³/mol. The van der Waals surface area contributed by atoms with Crippen molar-refractivity contribution in [2.75, 3.05) is 30.3 Å². The van der Waals surface area contributed by atoms with Crippen LogP contribution in [0, 0.1) is 5.92 Å². The van der Waals surface area contributed by atoms with Crippen LogP contribution in [0.3, 0.4) is 0 Å². The molecular weight excluding hydrogens is 363 g/mol. The molecule has 0 atom stereocenters. The van der Waals surface area contributed by atoms with Gasteiger partial charge in [0.05, 0.1) is 5.69 Å². The third kappa shape index (κ3) is 5.59. The monoisotopic (exact) mass is 390 g/mol. The largest absolute Gasteiger partial charge is 0.368 e. The number of rotatable bonds is 4. The van der Waals surface area contributed by atoms with Crippen molar-refractivity contribution in [1.29, 1.82) is 0 Å². The van der Waals surface area contributed by atoms with E-state index in [9.17, 15) is 4.79 Å². The minimum atomic E-state index is 0. The molecule has 1 aliphatic carbocycles. The maximum atomic E-state index is 11.0. The Bertz CT molecular complexity index is 574. The molecule has 0 radical (unpaired) electrons. The van der Waals surface area contributed by atoms with Gasteiger partial charge in [0.25, 0.3) is 0 Å². The van der Waals surface area contributed by atoms with E-state index >= 15 is 0 Å². The van der Waals surface area contributed by atoms with Gasteiger partial charge in [-0.1, -0.05) is 0 Å². The van der Waals surface area contributed by atoms with E-state index in [2.05, 4.69) is 26.3 Å². The highest BCUT2D eigenvalue weighted by Gasteiger charge is 2.30. The Morgan fingerprint density at radius 3 is 2.48 bits per heavy atom. The summed E-state index contributed by atoms with van der Waals surface area (Å²) in [4.78, 5) is 22.1. The highest BCUT2D eigenvalue weighted by Crippen LogP contribution is 2.36. The number of carbonyl (C=O) groups excluding carboxylic acids is 1. The molecule has 9 heteroatoms. The molecule has 1 saturated carbocycles. The van der Waals surface area contributed by atoms with E-state index in [4.69, 9.17) is 11.5 Å². The maximum absolute atomic E-state index is 11.0. The first-order valence-electron chi connectivity index (χ1n) is 8.40. The molecule has 1 aromatic heterocycles. The van der Waals surface area contributed by atoms with Crippen molar-refractivity contribution >= 4 is 42.5 Å². The molecule has 25 heavy (non-hydrogen) atoms. The van der Waals surface area contributed by atoms with E-state index < -0.39 is 0 Å². The third-order valence-electron chi connectivity index (χ3n) is 4.92. The SMILES string of the molecule is CC(=O)NCC1CCN(c2cc(C3CC(N)C3)nc(N)n2)CC1.Cl.Cl. The Balaban J connectivity index is 0.00000156. The molecule has 2 fully saturated rings. The lowest BCUT2D eigenvalue weighted by molar-refractivity contribution is -0.119. The van der Waals surface area contributed by atoms with Crippen LogP contribution in [0.15, 0.2) is 6.07 Å². The maximum Gasteiger partial charge on any atom is 0.222 e. The van der Waals surface area contributed by atoms with E-state index in [0.29, 0.717) is 23.8 Å². The fraction of sp³-hybridized carbons (Fsp3) is 0.688. The number of aromatic nitrogens is 2. The summed E-state index contributed by atoms with van der Waals surface area (Å²) in [6, 6.07) is 2.37. The number of nitrogens with zero attached hydrogens (tertiary/aromatic N) is 3. The van der Waals surface area contributed by atoms with Crippen LogP contribution in [0.25, 0.3) is 0 Å². The van der Waals surface area contributed by atoms with Crippen LogP contribution in [0.2, 0.25) is 0 Å². The second-order valence-electron chi connectivity index (χ2n) is 6.81. The molecule has 0 bridgehead atoms. The summed E-state index contributed by atoms with van der Waals surface area (Å²) in [5.41, 5.74) is 12.8. The molecule has 0 aromatic carbocycles. The number of hydrogen-bond donors (Lipinski definition) is 3. The molecule has 142 valence electrons. The average Bonchev–Trinajstić information content (AvgIpc) is 2.49. The molecule has 1 amide bonds. The number of nitrogen functional groups attached to an aromatic ring is 1. The minimum absolute atomic E-state index is 0. The second-order valence-corrected chi connectivity index (χ2v) is 6.81. The minimum Gasteiger partial charge on any atom is -0.368 e. The number of carbonyl (C=O) groups is 1. The van der Waals surface area contributed by atoms with Gasteiger partial charge in [0.15, 0.2) is 0 Å². The standard InChI is InChI=1S/C16H26N6O.2ClH/c1-10(23)19-9-11-2-4-22(5-3-11)15-8-14(20-16(18)21-15)12-6-13(17)7-12;;/h8,11-13H,2-7,9,17H2,1H3,(H,19,23)(H2,18,20,21);2*1H. The molecule has 1 aliphatic heterocycles. The molecule has 1 aromatic rings. The number of anilines is 2. The van der Waals surface area contributed by atoms with Crippen LogP contribution in [0.4, 0.5) is 11.8 Å². The smallest absolute Gasteiger partial charge is 0.222 e. The molecule has 5 N–H and O–H groups in total. The van der Waals surface area contributed by atoms with Crippen molar-refractivity contribution in [1.82, 2.24) is 15.3 Å². The van der Waals surface area contributed by atoms with Crippen LogP contribution in [-0.4, -0.2) is 41.6 Å². The lowest BCUT2D eigenvalue weighted by Crippen LogP contribution is -2.39. The summed E-state index contributed by atoms with van der Waals surface area (Å²) in [6.07, 6.45) is 4.06. The van der Waals surface area contributed by atoms with Crippen LogP contribution >= 0.6 is 24.8 Å². The van der Waals surface area contributed by atoms with Crippen LogP contribution in [0.5, 0.6) is 0 Å². The Labute approximate surface area is 161 Å².